The van der Waals surface area contributed by atoms with E-state index in [4.69, 9.17) is 19.4 Å². The van der Waals surface area contributed by atoms with Crippen molar-refractivity contribution in [1.29, 1.82) is 0 Å². The molecule has 0 aliphatic carbocycles. The fourth-order valence-corrected chi connectivity index (χ4v) is 1.54. The first-order valence-corrected chi connectivity index (χ1v) is 6.55. The Balaban J connectivity index is 3.12. The van der Waals surface area contributed by atoms with Gasteiger partial charge in [-0.05, 0) is 25.9 Å². The van der Waals surface area contributed by atoms with Gasteiger partial charge in [0, 0.05) is 6.61 Å². The molecule has 0 amide bonds. The maximum absolute atomic E-state index is 9.00. The van der Waals surface area contributed by atoms with Crippen LogP contribution in [0.5, 0.6) is 0 Å². The van der Waals surface area contributed by atoms with E-state index in [2.05, 4.69) is 6.92 Å². The molecule has 0 saturated carbocycles. The summed E-state index contributed by atoms with van der Waals surface area (Å²) in [6.45, 7) is 5.43. The smallest absolute Gasteiger partial charge is 0.329 e. The molecule has 1 radical (unpaired) electrons. The molecule has 0 spiro atoms. The Morgan fingerprint density at radius 1 is 1.50 bits per heavy atom. The van der Waals surface area contributed by atoms with Gasteiger partial charge in [0.2, 0.25) is 0 Å². The zero-order chi connectivity index (χ0) is 9.61. The normalized spacial score (nSPS) is 14.8. The second-order valence-electron chi connectivity index (χ2n) is 3.05. The van der Waals surface area contributed by atoms with Crippen LogP contribution in [0.4, 0.5) is 0 Å². The van der Waals surface area contributed by atoms with E-state index >= 15 is 0 Å². The molecule has 0 heterocycles. The predicted molar refractivity (Wildman–Crippen MR) is 47.7 cm³/mol. The maximum Gasteiger partial charge on any atom is 0.329 e. The van der Waals surface area contributed by atoms with Crippen molar-refractivity contribution < 1.29 is 19.4 Å². The van der Waals surface area contributed by atoms with Crippen LogP contribution in [0.2, 0.25) is 12.6 Å². The molecule has 0 aliphatic heterocycles. The van der Waals surface area contributed by atoms with E-state index in [0.29, 0.717) is 19.1 Å². The summed E-state index contributed by atoms with van der Waals surface area (Å²) in [7, 11) is -2.89. The fraction of sp³-hybridized carbons (Fsp3) is 0.857. The molecule has 0 rings (SSSR count). The number of aliphatic hydroxyl groups excluding tert-OH is 1. The second kappa shape index (κ2) is 5.66. The Kier molecular flexibility index (Phi) is 5.69. The molecular formula is C7H17O4Si. The number of ether oxygens (including phenoxy) is 1. The summed E-state index contributed by atoms with van der Waals surface area (Å²) < 4.78 is 4.98. The largest absolute Gasteiger partial charge is 0.411 e. The van der Waals surface area contributed by atoms with Gasteiger partial charge in [0.15, 0.2) is 0 Å². The number of aliphatic hydroxyl groups is 1. The summed E-state index contributed by atoms with van der Waals surface area (Å²) >= 11 is 0. The molecular weight excluding hydrogens is 176 g/mol. The molecule has 0 aliphatic rings. The predicted octanol–water partition coefficient (Wildman–Crippen LogP) is -0.355. The lowest BCUT2D eigenvalue weighted by atomic mass is 10.4. The van der Waals surface area contributed by atoms with E-state index in [1.807, 2.05) is 0 Å². The van der Waals surface area contributed by atoms with Crippen LogP contribution in [0.25, 0.3) is 0 Å². The van der Waals surface area contributed by atoms with Crippen LogP contribution in [-0.4, -0.2) is 42.6 Å². The van der Waals surface area contributed by atoms with Crippen LogP contribution in [0.1, 0.15) is 6.42 Å². The van der Waals surface area contributed by atoms with Gasteiger partial charge in [-0.15, -0.1) is 0 Å². The monoisotopic (exact) mass is 193 g/mol. The number of hydrogen-bond acceptors (Lipinski definition) is 4. The summed E-state index contributed by atoms with van der Waals surface area (Å²) in [5, 5.41) is 8.69. The molecule has 0 fully saturated rings. The summed E-state index contributed by atoms with van der Waals surface area (Å²) in [5.74, 6) is 0. The van der Waals surface area contributed by atoms with Crippen LogP contribution in [0.3, 0.4) is 0 Å². The highest BCUT2D eigenvalue weighted by Crippen LogP contribution is 2.04. The Bertz CT molecular complexity index is 110. The third kappa shape index (κ3) is 10.1. The Morgan fingerprint density at radius 2 is 2.08 bits per heavy atom. The van der Waals surface area contributed by atoms with Crippen molar-refractivity contribution in [1.82, 2.24) is 0 Å². The van der Waals surface area contributed by atoms with Gasteiger partial charge in [-0.1, -0.05) is 0 Å². The maximum atomic E-state index is 9.00. The van der Waals surface area contributed by atoms with Gasteiger partial charge in [-0.2, -0.15) is 0 Å². The van der Waals surface area contributed by atoms with Crippen molar-refractivity contribution in [3.63, 3.8) is 0 Å². The molecule has 5 heteroatoms. The molecule has 0 bridgehead atoms. The first-order chi connectivity index (χ1) is 5.42. The third-order valence-electron chi connectivity index (χ3n) is 1.25. The van der Waals surface area contributed by atoms with E-state index < -0.39 is 14.7 Å². The molecule has 0 aromatic heterocycles. The summed E-state index contributed by atoms with van der Waals surface area (Å²) in [4.78, 5) is 18.0. The van der Waals surface area contributed by atoms with Gasteiger partial charge >= 0.3 is 8.56 Å². The molecule has 3 N–H and O–H groups in total. The Labute approximate surface area is 74.1 Å². The van der Waals surface area contributed by atoms with Crippen molar-refractivity contribution in [2.45, 2.75) is 25.1 Å². The highest BCUT2D eigenvalue weighted by molar-refractivity contribution is 6.63. The van der Waals surface area contributed by atoms with Crippen molar-refractivity contribution >= 4 is 8.56 Å². The van der Waals surface area contributed by atoms with Gasteiger partial charge < -0.3 is 19.4 Å². The average Bonchev–Trinajstić information content (AvgIpc) is 1.83. The molecule has 0 aromatic carbocycles. The van der Waals surface area contributed by atoms with E-state index in [0.717, 1.165) is 0 Å². The Hall–Kier alpha value is 0.0569. The van der Waals surface area contributed by atoms with Crippen LogP contribution in [-0.2, 0) is 4.74 Å². The van der Waals surface area contributed by atoms with Crippen LogP contribution >= 0.6 is 0 Å². The van der Waals surface area contributed by atoms with Crippen molar-refractivity contribution in [2.24, 2.45) is 0 Å². The second-order valence-corrected chi connectivity index (χ2v) is 5.98. The van der Waals surface area contributed by atoms with E-state index in [1.54, 1.807) is 0 Å². The SMILES string of the molecule is [CH2]C(O)COCCC[Si](C)(O)O. The lowest BCUT2D eigenvalue weighted by Crippen LogP contribution is -2.29. The third-order valence-corrected chi connectivity index (χ3v) is 2.55. The van der Waals surface area contributed by atoms with Gasteiger partial charge in [0.05, 0.1) is 12.7 Å². The first kappa shape index (κ1) is 12.1. The average molecular weight is 193 g/mol. The molecule has 4 nitrogen and oxygen atoms in total. The summed E-state index contributed by atoms with van der Waals surface area (Å²) in [6, 6.07) is 0.403. The molecule has 12 heavy (non-hydrogen) atoms. The minimum absolute atomic E-state index is 0.203. The standard InChI is InChI=1S/C7H17O4Si/c1-7(8)6-11-4-3-5-12(2,9)10/h7-10H,1,3-6H2,2H3. The summed E-state index contributed by atoms with van der Waals surface area (Å²) in [6.07, 6.45) is -0.0838. The van der Waals surface area contributed by atoms with Crippen molar-refractivity contribution in [2.75, 3.05) is 13.2 Å². The quantitative estimate of drug-likeness (QED) is 0.398. The van der Waals surface area contributed by atoms with Gasteiger partial charge in [-0.25, -0.2) is 0 Å². The molecule has 73 valence electrons. The zero-order valence-corrected chi connectivity index (χ0v) is 8.36. The Morgan fingerprint density at radius 3 is 2.50 bits per heavy atom. The summed E-state index contributed by atoms with van der Waals surface area (Å²) in [5.41, 5.74) is 0. The van der Waals surface area contributed by atoms with Crippen LogP contribution in [0.15, 0.2) is 0 Å². The lowest BCUT2D eigenvalue weighted by molar-refractivity contribution is 0.0581. The highest BCUT2D eigenvalue weighted by atomic mass is 28.4. The topological polar surface area (TPSA) is 69.9 Å². The van der Waals surface area contributed by atoms with E-state index in [1.165, 1.54) is 6.55 Å². The zero-order valence-electron chi connectivity index (χ0n) is 7.36. The molecule has 0 saturated heterocycles. The number of rotatable bonds is 6. The minimum atomic E-state index is -2.89. The first-order valence-electron chi connectivity index (χ1n) is 3.95. The lowest BCUT2D eigenvalue weighted by Gasteiger charge is -2.11. The van der Waals surface area contributed by atoms with Crippen molar-refractivity contribution in [3.05, 3.63) is 6.92 Å². The fourth-order valence-electron chi connectivity index (χ4n) is 0.728. The minimum Gasteiger partial charge on any atom is -0.411 e. The van der Waals surface area contributed by atoms with Crippen LogP contribution < -0.4 is 0 Å². The van der Waals surface area contributed by atoms with Crippen LogP contribution in [0, 0.1) is 6.92 Å². The van der Waals surface area contributed by atoms with Crippen molar-refractivity contribution in [3.8, 4) is 0 Å². The molecule has 0 aromatic rings. The van der Waals surface area contributed by atoms with E-state index in [9.17, 15) is 0 Å². The highest BCUT2D eigenvalue weighted by Gasteiger charge is 2.19. The van der Waals surface area contributed by atoms with Gasteiger partial charge in [0.25, 0.3) is 0 Å². The molecule has 1 atom stereocenters. The van der Waals surface area contributed by atoms with Gasteiger partial charge in [-0.3, -0.25) is 0 Å². The van der Waals surface area contributed by atoms with E-state index in [-0.39, 0.29) is 6.61 Å². The molecule has 1 unspecified atom stereocenters. The van der Waals surface area contributed by atoms with Gasteiger partial charge in [0.1, 0.15) is 0 Å². The number of hydrogen-bond donors (Lipinski definition) is 3.